The summed E-state index contributed by atoms with van der Waals surface area (Å²) in [6.45, 7) is 4.05. The van der Waals surface area contributed by atoms with Crippen molar-refractivity contribution in [3.05, 3.63) is 12.2 Å². The first-order valence-corrected chi connectivity index (χ1v) is 12.3. The highest BCUT2D eigenvalue weighted by Crippen LogP contribution is 2.15. The molecule has 0 aromatic heterocycles. The van der Waals surface area contributed by atoms with Gasteiger partial charge in [-0.2, -0.15) is 0 Å². The van der Waals surface area contributed by atoms with Gasteiger partial charge in [-0.25, -0.2) is 0 Å². The predicted molar refractivity (Wildman–Crippen MR) is 118 cm³/mol. The van der Waals surface area contributed by atoms with Crippen molar-refractivity contribution in [1.29, 1.82) is 0 Å². The molecule has 1 fully saturated rings. The Morgan fingerprint density at radius 1 is 0.704 bits per heavy atom. The van der Waals surface area contributed by atoms with Crippen LogP contribution in [-0.2, 0) is 9.47 Å². The van der Waals surface area contributed by atoms with E-state index in [-0.39, 0.29) is 6.29 Å². The average Bonchev–Trinajstić information content (AvgIpc) is 2.70. The summed E-state index contributed by atoms with van der Waals surface area (Å²) in [6, 6.07) is 0. The number of hydrogen-bond acceptors (Lipinski definition) is 2. The van der Waals surface area contributed by atoms with E-state index in [0.717, 1.165) is 19.6 Å². The molecule has 0 N–H and O–H groups in total. The molecule has 1 atom stereocenters. The van der Waals surface area contributed by atoms with Crippen molar-refractivity contribution >= 4 is 0 Å². The third-order valence-corrected chi connectivity index (χ3v) is 5.60. The van der Waals surface area contributed by atoms with E-state index in [4.69, 9.17) is 9.47 Å². The fourth-order valence-corrected chi connectivity index (χ4v) is 3.76. The van der Waals surface area contributed by atoms with Crippen molar-refractivity contribution in [3.63, 3.8) is 0 Å². The van der Waals surface area contributed by atoms with Crippen LogP contribution in [0, 0.1) is 0 Å². The van der Waals surface area contributed by atoms with Crippen LogP contribution in [0.1, 0.15) is 129 Å². The van der Waals surface area contributed by atoms with Crippen molar-refractivity contribution in [1.82, 2.24) is 0 Å². The Balaban J connectivity index is 1.68. The molecule has 1 unspecified atom stereocenters. The fraction of sp³-hybridized carbons (Fsp3) is 0.920. The second kappa shape index (κ2) is 20.4. The van der Waals surface area contributed by atoms with Gasteiger partial charge >= 0.3 is 0 Å². The third kappa shape index (κ3) is 17.5. The molecule has 1 saturated heterocycles. The molecule has 1 heterocycles. The second-order valence-electron chi connectivity index (χ2n) is 8.31. The SMILES string of the molecule is CCCCCC/C=C\CCCCCCCCCCCCOC1CCCCO1. The molecule has 1 aliphatic rings. The minimum atomic E-state index is 0.0973. The Bertz CT molecular complexity index is 307. The standard InChI is InChI=1S/C25H48O2/c1-2-3-4-5-6-7-8-9-10-11-12-13-14-15-16-17-18-20-23-26-25-22-19-21-24-27-25/h7-8,25H,2-6,9-24H2,1H3/b8-7-. The van der Waals surface area contributed by atoms with Gasteiger partial charge in [-0.15, -0.1) is 0 Å². The first-order chi connectivity index (χ1) is 13.4. The molecular weight excluding hydrogens is 332 g/mol. The molecule has 0 aromatic rings. The number of ether oxygens (including phenoxy) is 2. The number of rotatable bonds is 19. The average molecular weight is 381 g/mol. The molecule has 0 saturated carbocycles. The molecule has 0 amide bonds. The lowest BCUT2D eigenvalue weighted by molar-refractivity contribution is -0.162. The predicted octanol–water partition coefficient (Wildman–Crippen LogP) is 8.35. The number of unbranched alkanes of at least 4 members (excludes halogenated alkanes) is 14. The van der Waals surface area contributed by atoms with Gasteiger partial charge in [0, 0.05) is 13.2 Å². The molecule has 2 heteroatoms. The monoisotopic (exact) mass is 380 g/mol. The summed E-state index contributed by atoms with van der Waals surface area (Å²) in [6.07, 6.45) is 30.4. The maximum Gasteiger partial charge on any atom is 0.157 e. The lowest BCUT2D eigenvalue weighted by Gasteiger charge is -2.22. The highest BCUT2D eigenvalue weighted by Gasteiger charge is 2.13. The topological polar surface area (TPSA) is 18.5 Å². The van der Waals surface area contributed by atoms with E-state index in [2.05, 4.69) is 19.1 Å². The van der Waals surface area contributed by atoms with Crippen LogP contribution < -0.4 is 0 Å². The van der Waals surface area contributed by atoms with Crippen LogP contribution in [-0.4, -0.2) is 19.5 Å². The molecule has 1 aliphatic heterocycles. The van der Waals surface area contributed by atoms with Gasteiger partial charge in [0.2, 0.25) is 0 Å². The van der Waals surface area contributed by atoms with Gasteiger partial charge in [0.15, 0.2) is 6.29 Å². The Morgan fingerprint density at radius 2 is 1.26 bits per heavy atom. The molecule has 27 heavy (non-hydrogen) atoms. The van der Waals surface area contributed by atoms with Crippen LogP contribution >= 0.6 is 0 Å². The second-order valence-corrected chi connectivity index (χ2v) is 8.31. The summed E-state index contributed by atoms with van der Waals surface area (Å²) < 4.78 is 11.4. The van der Waals surface area contributed by atoms with Crippen LogP contribution in [0.4, 0.5) is 0 Å². The maximum atomic E-state index is 5.78. The molecule has 0 spiro atoms. The molecule has 2 nitrogen and oxygen atoms in total. The summed E-state index contributed by atoms with van der Waals surface area (Å²) >= 11 is 0. The van der Waals surface area contributed by atoms with Gasteiger partial charge in [0.05, 0.1) is 0 Å². The minimum Gasteiger partial charge on any atom is -0.353 e. The Morgan fingerprint density at radius 3 is 1.81 bits per heavy atom. The Hall–Kier alpha value is -0.340. The number of allylic oxidation sites excluding steroid dienone is 2. The zero-order chi connectivity index (χ0) is 19.3. The van der Waals surface area contributed by atoms with E-state index in [1.54, 1.807) is 0 Å². The van der Waals surface area contributed by atoms with Crippen LogP contribution in [0.15, 0.2) is 12.2 Å². The van der Waals surface area contributed by atoms with Crippen molar-refractivity contribution in [2.24, 2.45) is 0 Å². The zero-order valence-electron chi connectivity index (χ0n) is 18.4. The minimum absolute atomic E-state index is 0.0973. The molecule has 1 rings (SSSR count). The highest BCUT2D eigenvalue weighted by molar-refractivity contribution is 4.81. The van der Waals surface area contributed by atoms with Crippen molar-refractivity contribution in [3.8, 4) is 0 Å². The smallest absolute Gasteiger partial charge is 0.157 e. The van der Waals surface area contributed by atoms with Crippen molar-refractivity contribution in [2.45, 2.75) is 135 Å². The molecule has 0 aromatic carbocycles. The normalized spacial score (nSPS) is 17.7. The molecular formula is C25H48O2. The van der Waals surface area contributed by atoms with E-state index in [1.165, 1.54) is 116 Å². The molecule has 0 aliphatic carbocycles. The Kier molecular flexibility index (Phi) is 18.7. The number of hydrogen-bond donors (Lipinski definition) is 0. The van der Waals surface area contributed by atoms with E-state index in [0.29, 0.717) is 0 Å². The summed E-state index contributed by atoms with van der Waals surface area (Å²) in [4.78, 5) is 0. The third-order valence-electron chi connectivity index (χ3n) is 5.60. The summed E-state index contributed by atoms with van der Waals surface area (Å²) in [5.74, 6) is 0. The van der Waals surface area contributed by atoms with Crippen LogP contribution in [0.2, 0.25) is 0 Å². The van der Waals surface area contributed by atoms with E-state index in [1.807, 2.05) is 0 Å². The van der Waals surface area contributed by atoms with Gasteiger partial charge < -0.3 is 9.47 Å². The molecule has 0 radical (unpaired) electrons. The van der Waals surface area contributed by atoms with Gasteiger partial charge in [0.25, 0.3) is 0 Å². The van der Waals surface area contributed by atoms with E-state index < -0.39 is 0 Å². The molecule has 0 bridgehead atoms. The van der Waals surface area contributed by atoms with Crippen LogP contribution in [0.5, 0.6) is 0 Å². The summed E-state index contributed by atoms with van der Waals surface area (Å²) in [5.41, 5.74) is 0. The lowest BCUT2D eigenvalue weighted by atomic mass is 10.1. The van der Waals surface area contributed by atoms with Gasteiger partial charge in [-0.05, 0) is 51.4 Å². The molecule has 160 valence electrons. The van der Waals surface area contributed by atoms with E-state index >= 15 is 0 Å². The van der Waals surface area contributed by atoms with Crippen molar-refractivity contribution in [2.75, 3.05) is 13.2 Å². The highest BCUT2D eigenvalue weighted by atomic mass is 16.7. The van der Waals surface area contributed by atoms with Gasteiger partial charge in [0.1, 0.15) is 0 Å². The largest absolute Gasteiger partial charge is 0.353 e. The zero-order valence-corrected chi connectivity index (χ0v) is 18.4. The maximum absolute atomic E-state index is 5.78. The summed E-state index contributed by atoms with van der Waals surface area (Å²) in [7, 11) is 0. The van der Waals surface area contributed by atoms with Gasteiger partial charge in [-0.1, -0.05) is 89.7 Å². The van der Waals surface area contributed by atoms with Crippen LogP contribution in [0.3, 0.4) is 0 Å². The quantitative estimate of drug-likeness (QED) is 0.165. The first kappa shape index (κ1) is 24.7. The van der Waals surface area contributed by atoms with Gasteiger partial charge in [-0.3, -0.25) is 0 Å². The summed E-state index contributed by atoms with van der Waals surface area (Å²) in [5, 5.41) is 0. The Labute approximate surface area is 170 Å². The van der Waals surface area contributed by atoms with Crippen molar-refractivity contribution < 1.29 is 9.47 Å². The van der Waals surface area contributed by atoms with Crippen LogP contribution in [0.25, 0.3) is 0 Å². The first-order valence-electron chi connectivity index (χ1n) is 12.3. The lowest BCUT2D eigenvalue weighted by Crippen LogP contribution is -2.22. The van der Waals surface area contributed by atoms with E-state index in [9.17, 15) is 0 Å². The fourth-order valence-electron chi connectivity index (χ4n) is 3.76.